The second-order valence-electron chi connectivity index (χ2n) is 0.851. The molecule has 0 aliphatic carbocycles. The molecular formula is C3H9NOS. The zero-order valence-corrected chi connectivity index (χ0v) is 4.83. The van der Waals surface area contributed by atoms with Crippen molar-refractivity contribution in [1.29, 1.82) is 0 Å². The van der Waals surface area contributed by atoms with Gasteiger partial charge in [-0.2, -0.15) is 0 Å². The van der Waals surface area contributed by atoms with E-state index in [1.165, 1.54) is 16.4 Å². The van der Waals surface area contributed by atoms with E-state index in [4.69, 9.17) is 5.21 Å². The summed E-state index contributed by atoms with van der Waals surface area (Å²) in [5.74, 6) is 0. The van der Waals surface area contributed by atoms with Crippen LogP contribution in [0.5, 0.6) is 0 Å². The Balaban J connectivity index is 2.75. The van der Waals surface area contributed by atoms with Crippen LogP contribution in [0.15, 0.2) is 0 Å². The number of nitrogens with zero attached hydrogens (tertiary/aromatic N) is 1. The molecule has 0 aromatic heterocycles. The van der Waals surface area contributed by atoms with Crippen LogP contribution in [0.1, 0.15) is 6.92 Å². The maximum Gasteiger partial charge on any atom is 0.0325 e. The molecule has 0 aromatic rings. The van der Waals surface area contributed by atoms with Crippen molar-refractivity contribution in [3.63, 3.8) is 0 Å². The SMILES string of the molecule is CCN(O)SC. The summed E-state index contributed by atoms with van der Waals surface area (Å²) in [6.07, 6.45) is 1.82. The van der Waals surface area contributed by atoms with E-state index in [1.54, 1.807) is 0 Å². The minimum atomic E-state index is 0.682. The van der Waals surface area contributed by atoms with Crippen LogP contribution < -0.4 is 0 Å². The molecule has 0 radical (unpaired) electrons. The molecule has 0 heterocycles. The van der Waals surface area contributed by atoms with Gasteiger partial charge >= 0.3 is 0 Å². The maximum absolute atomic E-state index is 8.46. The zero-order chi connectivity index (χ0) is 4.99. The molecule has 0 aliphatic rings. The van der Waals surface area contributed by atoms with E-state index in [1.807, 2.05) is 13.2 Å². The molecule has 0 saturated carbocycles. The van der Waals surface area contributed by atoms with Crippen molar-refractivity contribution in [2.45, 2.75) is 6.92 Å². The molecule has 0 fully saturated rings. The predicted octanol–water partition coefficient (Wildman–Crippen LogP) is 0.976. The maximum atomic E-state index is 8.46. The lowest BCUT2D eigenvalue weighted by atomic mass is 10.8. The van der Waals surface area contributed by atoms with Crippen molar-refractivity contribution in [1.82, 2.24) is 4.47 Å². The molecule has 0 unspecified atom stereocenters. The standard InChI is InChI=1S/C3H9NOS/c1-3-4(5)6-2/h5H,3H2,1-2H3. The molecule has 2 nitrogen and oxygen atoms in total. The monoisotopic (exact) mass is 107 g/mol. The van der Waals surface area contributed by atoms with E-state index in [2.05, 4.69) is 0 Å². The van der Waals surface area contributed by atoms with Crippen LogP contribution >= 0.6 is 11.9 Å². The Labute approximate surface area is 42.2 Å². The van der Waals surface area contributed by atoms with Gasteiger partial charge in [-0.25, -0.2) is 0 Å². The summed E-state index contributed by atoms with van der Waals surface area (Å²) in [4.78, 5) is 0. The lowest BCUT2D eigenvalue weighted by Gasteiger charge is -2.03. The average Bonchev–Trinajstić information content (AvgIpc) is 1.65. The van der Waals surface area contributed by atoms with Gasteiger partial charge in [-0.3, -0.25) is 0 Å². The van der Waals surface area contributed by atoms with E-state index < -0.39 is 0 Å². The van der Waals surface area contributed by atoms with Gasteiger partial charge in [0.15, 0.2) is 0 Å². The van der Waals surface area contributed by atoms with Gasteiger partial charge in [0, 0.05) is 6.54 Å². The Kier molecular flexibility index (Phi) is 3.62. The van der Waals surface area contributed by atoms with Crippen LogP contribution in [-0.2, 0) is 0 Å². The fourth-order valence-electron chi connectivity index (χ4n) is 0.129. The first kappa shape index (κ1) is 6.27. The first-order valence-corrected chi connectivity index (χ1v) is 3.00. The molecule has 3 heteroatoms. The molecule has 0 aromatic carbocycles. The van der Waals surface area contributed by atoms with Crippen molar-refractivity contribution in [2.24, 2.45) is 0 Å². The molecule has 0 atom stereocenters. The highest BCUT2D eigenvalue weighted by Gasteiger charge is 1.85. The van der Waals surface area contributed by atoms with E-state index in [0.717, 1.165) is 0 Å². The van der Waals surface area contributed by atoms with E-state index in [9.17, 15) is 0 Å². The van der Waals surface area contributed by atoms with Crippen molar-refractivity contribution in [2.75, 3.05) is 12.8 Å². The Morgan fingerprint density at radius 2 is 2.33 bits per heavy atom. The highest BCUT2D eigenvalue weighted by molar-refractivity contribution is 7.96. The molecule has 6 heavy (non-hydrogen) atoms. The van der Waals surface area contributed by atoms with E-state index >= 15 is 0 Å². The lowest BCUT2D eigenvalue weighted by molar-refractivity contribution is 0.0230. The van der Waals surface area contributed by atoms with Crippen molar-refractivity contribution >= 4 is 11.9 Å². The van der Waals surface area contributed by atoms with Crippen LogP contribution in [0.25, 0.3) is 0 Å². The van der Waals surface area contributed by atoms with E-state index in [-0.39, 0.29) is 0 Å². The van der Waals surface area contributed by atoms with Crippen LogP contribution in [0.4, 0.5) is 0 Å². The molecule has 0 amide bonds. The van der Waals surface area contributed by atoms with Crippen molar-refractivity contribution in [3.05, 3.63) is 0 Å². The number of hydroxylamine groups is 1. The Bertz CT molecular complexity index is 30.0. The van der Waals surface area contributed by atoms with Crippen LogP contribution in [0.2, 0.25) is 0 Å². The van der Waals surface area contributed by atoms with Gasteiger partial charge in [0.05, 0.1) is 0 Å². The number of hydrogen-bond acceptors (Lipinski definition) is 3. The van der Waals surface area contributed by atoms with Gasteiger partial charge in [-0.05, 0) is 13.2 Å². The Hall–Kier alpha value is 0.270. The van der Waals surface area contributed by atoms with Crippen LogP contribution in [-0.4, -0.2) is 22.5 Å². The Morgan fingerprint density at radius 1 is 1.83 bits per heavy atom. The Morgan fingerprint density at radius 3 is 2.33 bits per heavy atom. The van der Waals surface area contributed by atoms with Crippen molar-refractivity contribution in [3.8, 4) is 0 Å². The smallest absolute Gasteiger partial charge is 0.0325 e. The van der Waals surface area contributed by atoms with Gasteiger partial charge in [0.1, 0.15) is 0 Å². The quantitative estimate of drug-likeness (QED) is 0.420. The molecule has 1 N–H and O–H groups in total. The fourth-order valence-corrected chi connectivity index (χ4v) is 0.387. The third kappa shape index (κ3) is 2.50. The molecule has 0 rings (SSSR count). The summed E-state index contributed by atoms with van der Waals surface area (Å²) < 4.78 is 1.17. The highest BCUT2D eigenvalue weighted by atomic mass is 32.2. The second-order valence-corrected chi connectivity index (χ2v) is 1.64. The van der Waals surface area contributed by atoms with Gasteiger partial charge in [-0.1, -0.05) is 11.9 Å². The third-order valence-corrected chi connectivity index (χ3v) is 1.16. The van der Waals surface area contributed by atoms with Gasteiger partial charge in [0.2, 0.25) is 0 Å². The topological polar surface area (TPSA) is 23.5 Å². The van der Waals surface area contributed by atoms with Gasteiger partial charge in [-0.15, -0.1) is 4.47 Å². The summed E-state index contributed by atoms with van der Waals surface area (Å²) in [5.41, 5.74) is 0. The van der Waals surface area contributed by atoms with Crippen LogP contribution in [0, 0.1) is 0 Å². The molecule has 0 spiro atoms. The summed E-state index contributed by atoms with van der Waals surface area (Å²) in [5, 5.41) is 8.46. The summed E-state index contributed by atoms with van der Waals surface area (Å²) in [7, 11) is 0. The van der Waals surface area contributed by atoms with Crippen molar-refractivity contribution < 1.29 is 5.21 Å². The number of rotatable bonds is 2. The molecule has 38 valence electrons. The summed E-state index contributed by atoms with van der Waals surface area (Å²) in [6.45, 7) is 2.57. The highest BCUT2D eigenvalue weighted by Crippen LogP contribution is 1.95. The molecule has 0 saturated heterocycles. The lowest BCUT2D eigenvalue weighted by Crippen LogP contribution is -2.06. The first-order chi connectivity index (χ1) is 2.81. The first-order valence-electron chi connectivity index (χ1n) is 1.81. The largest absolute Gasteiger partial charge is 0.303 e. The van der Waals surface area contributed by atoms with Crippen LogP contribution in [0.3, 0.4) is 0 Å². The fraction of sp³-hybridized carbons (Fsp3) is 1.00. The predicted molar refractivity (Wildman–Crippen MR) is 27.7 cm³/mol. The summed E-state index contributed by atoms with van der Waals surface area (Å²) in [6, 6.07) is 0. The van der Waals surface area contributed by atoms with Gasteiger partial charge < -0.3 is 5.21 Å². The normalized spacial score (nSPS) is 10.0. The second kappa shape index (κ2) is 3.46. The van der Waals surface area contributed by atoms with E-state index in [0.29, 0.717) is 6.54 Å². The average molecular weight is 107 g/mol. The third-order valence-electron chi connectivity index (χ3n) is 0.481. The number of hydrogen-bond donors (Lipinski definition) is 1. The molecule has 0 bridgehead atoms. The minimum absolute atomic E-state index is 0.682. The van der Waals surface area contributed by atoms with Gasteiger partial charge in [0.25, 0.3) is 0 Å². The minimum Gasteiger partial charge on any atom is -0.303 e. The molecule has 0 aliphatic heterocycles. The zero-order valence-electron chi connectivity index (χ0n) is 4.01. The summed E-state index contributed by atoms with van der Waals surface area (Å²) >= 11 is 1.31. The molecular weight excluding hydrogens is 98.1 g/mol.